The lowest BCUT2D eigenvalue weighted by molar-refractivity contribution is -0.121. The lowest BCUT2D eigenvalue weighted by Gasteiger charge is -2.06. The van der Waals surface area contributed by atoms with Gasteiger partial charge in [-0.2, -0.15) is 0 Å². The zero-order valence-electron chi connectivity index (χ0n) is 13.6. The van der Waals surface area contributed by atoms with Crippen LogP contribution in [0.4, 0.5) is 4.79 Å². The van der Waals surface area contributed by atoms with E-state index in [9.17, 15) is 9.59 Å². The standard InChI is InChI=1S/C18H23N3O3/c1-2-12-24-18(23)20-10-5-8-17(22)19-11-9-14-13-21-16-7-4-3-6-15(14)16/h2-4,6-7,13,21H,1,5,8-12H2,(H,19,22)(H,20,23). The third kappa shape index (κ3) is 5.46. The normalized spacial score (nSPS) is 10.3. The van der Waals surface area contributed by atoms with E-state index >= 15 is 0 Å². The number of para-hydroxylation sites is 1. The number of hydrogen-bond acceptors (Lipinski definition) is 3. The monoisotopic (exact) mass is 329 g/mol. The van der Waals surface area contributed by atoms with Crippen molar-refractivity contribution in [3.63, 3.8) is 0 Å². The first-order valence-corrected chi connectivity index (χ1v) is 8.04. The number of aromatic nitrogens is 1. The summed E-state index contributed by atoms with van der Waals surface area (Å²) in [5.74, 6) is -0.0175. The van der Waals surface area contributed by atoms with Gasteiger partial charge in [0.1, 0.15) is 6.61 Å². The molecule has 6 heteroatoms. The number of carbonyl (C=O) groups excluding carboxylic acids is 2. The van der Waals surface area contributed by atoms with Crippen molar-refractivity contribution < 1.29 is 14.3 Å². The Morgan fingerprint density at radius 2 is 2.04 bits per heavy atom. The highest BCUT2D eigenvalue weighted by atomic mass is 16.5. The lowest BCUT2D eigenvalue weighted by atomic mass is 10.1. The number of nitrogens with one attached hydrogen (secondary N) is 3. The highest BCUT2D eigenvalue weighted by Crippen LogP contribution is 2.17. The lowest BCUT2D eigenvalue weighted by Crippen LogP contribution is -2.28. The van der Waals surface area contributed by atoms with E-state index in [1.807, 2.05) is 24.4 Å². The first-order chi connectivity index (χ1) is 11.7. The van der Waals surface area contributed by atoms with Crippen molar-refractivity contribution in [2.75, 3.05) is 19.7 Å². The van der Waals surface area contributed by atoms with E-state index in [1.165, 1.54) is 17.0 Å². The van der Waals surface area contributed by atoms with Crippen LogP contribution >= 0.6 is 0 Å². The van der Waals surface area contributed by atoms with Crippen molar-refractivity contribution >= 4 is 22.9 Å². The zero-order chi connectivity index (χ0) is 17.2. The molecular weight excluding hydrogens is 306 g/mol. The molecule has 2 aromatic rings. The molecule has 0 aliphatic carbocycles. The Kier molecular flexibility index (Phi) is 6.89. The Morgan fingerprint density at radius 3 is 2.88 bits per heavy atom. The smallest absolute Gasteiger partial charge is 0.407 e. The van der Waals surface area contributed by atoms with Gasteiger partial charge in [-0.05, 0) is 24.5 Å². The average molecular weight is 329 g/mol. The van der Waals surface area contributed by atoms with E-state index in [4.69, 9.17) is 4.74 Å². The van der Waals surface area contributed by atoms with Crippen LogP contribution < -0.4 is 10.6 Å². The van der Waals surface area contributed by atoms with Crippen LogP contribution in [-0.2, 0) is 16.0 Å². The minimum absolute atomic E-state index is 0.0175. The van der Waals surface area contributed by atoms with Crippen molar-refractivity contribution in [2.24, 2.45) is 0 Å². The molecule has 0 unspecified atom stereocenters. The molecule has 0 aliphatic rings. The molecule has 0 atom stereocenters. The Labute approximate surface area is 141 Å². The summed E-state index contributed by atoms with van der Waals surface area (Å²) in [5.41, 5.74) is 2.30. The second kappa shape index (κ2) is 9.39. The number of ether oxygens (including phenoxy) is 1. The highest BCUT2D eigenvalue weighted by Gasteiger charge is 2.05. The molecule has 0 radical (unpaired) electrons. The van der Waals surface area contributed by atoms with Crippen molar-refractivity contribution in [2.45, 2.75) is 19.3 Å². The average Bonchev–Trinajstić information content (AvgIpc) is 3.00. The van der Waals surface area contributed by atoms with E-state index in [2.05, 4.69) is 28.3 Å². The van der Waals surface area contributed by atoms with Crippen LogP contribution in [0.15, 0.2) is 43.1 Å². The molecule has 128 valence electrons. The fraction of sp³-hybridized carbons (Fsp3) is 0.333. The molecule has 2 amide bonds. The van der Waals surface area contributed by atoms with Crippen LogP contribution in [0.2, 0.25) is 0 Å². The summed E-state index contributed by atoms with van der Waals surface area (Å²) in [6, 6.07) is 8.10. The maximum Gasteiger partial charge on any atom is 0.407 e. The van der Waals surface area contributed by atoms with Gasteiger partial charge in [-0.15, -0.1) is 0 Å². The summed E-state index contributed by atoms with van der Waals surface area (Å²) in [5, 5.41) is 6.67. The van der Waals surface area contributed by atoms with E-state index in [-0.39, 0.29) is 12.5 Å². The Bertz CT molecular complexity index is 694. The molecule has 0 bridgehead atoms. The zero-order valence-corrected chi connectivity index (χ0v) is 13.6. The predicted octanol–water partition coefficient (Wildman–Crippen LogP) is 2.52. The molecule has 1 heterocycles. The molecule has 1 aromatic carbocycles. The molecule has 3 N–H and O–H groups in total. The van der Waals surface area contributed by atoms with Gasteiger partial charge in [-0.1, -0.05) is 30.9 Å². The van der Waals surface area contributed by atoms with Crippen molar-refractivity contribution in [1.29, 1.82) is 0 Å². The molecule has 6 nitrogen and oxygen atoms in total. The van der Waals surface area contributed by atoms with E-state index in [0.29, 0.717) is 25.9 Å². The minimum atomic E-state index is -0.491. The van der Waals surface area contributed by atoms with Gasteiger partial charge < -0.3 is 20.4 Å². The number of amides is 2. The van der Waals surface area contributed by atoms with E-state index in [1.54, 1.807) is 0 Å². The number of fused-ring (bicyclic) bond motifs is 1. The first kappa shape index (κ1) is 17.6. The SMILES string of the molecule is C=CCOC(=O)NCCCC(=O)NCCc1c[nH]c2ccccc12. The van der Waals surface area contributed by atoms with Gasteiger partial charge in [0.05, 0.1) is 0 Å². The Morgan fingerprint density at radius 1 is 1.21 bits per heavy atom. The number of rotatable bonds is 9. The fourth-order valence-corrected chi connectivity index (χ4v) is 2.39. The summed E-state index contributed by atoms with van der Waals surface area (Å²) >= 11 is 0. The topological polar surface area (TPSA) is 83.2 Å². The maximum atomic E-state index is 11.8. The molecule has 0 aliphatic heterocycles. The quantitative estimate of drug-likeness (QED) is 0.488. The van der Waals surface area contributed by atoms with E-state index < -0.39 is 6.09 Å². The van der Waals surface area contributed by atoms with Crippen molar-refractivity contribution in [1.82, 2.24) is 15.6 Å². The Hall–Kier alpha value is -2.76. The second-order valence-corrected chi connectivity index (χ2v) is 5.38. The Balaban J connectivity index is 1.60. The van der Waals surface area contributed by atoms with Gasteiger partial charge in [0.25, 0.3) is 0 Å². The molecule has 2 rings (SSSR count). The largest absolute Gasteiger partial charge is 0.445 e. The molecule has 0 fully saturated rings. The molecule has 0 spiro atoms. The van der Waals surface area contributed by atoms with Crippen LogP contribution in [0.1, 0.15) is 18.4 Å². The third-order valence-electron chi connectivity index (χ3n) is 3.57. The first-order valence-electron chi connectivity index (χ1n) is 8.04. The summed E-state index contributed by atoms with van der Waals surface area (Å²) in [7, 11) is 0. The number of H-pyrrole nitrogens is 1. The molecule has 24 heavy (non-hydrogen) atoms. The summed E-state index contributed by atoms with van der Waals surface area (Å²) in [6.07, 6.45) is 4.71. The molecule has 0 saturated carbocycles. The van der Waals surface area contributed by atoms with Gasteiger partial charge in [0.15, 0.2) is 0 Å². The predicted molar refractivity (Wildman–Crippen MR) is 93.8 cm³/mol. The number of benzene rings is 1. The van der Waals surface area contributed by atoms with Gasteiger partial charge in [-0.25, -0.2) is 4.79 Å². The van der Waals surface area contributed by atoms with E-state index in [0.717, 1.165) is 11.9 Å². The summed E-state index contributed by atoms with van der Waals surface area (Å²) in [4.78, 5) is 26.2. The maximum absolute atomic E-state index is 11.8. The van der Waals surface area contributed by atoms with Crippen molar-refractivity contribution in [3.05, 3.63) is 48.7 Å². The molecule has 0 saturated heterocycles. The minimum Gasteiger partial charge on any atom is -0.445 e. The summed E-state index contributed by atoms with van der Waals surface area (Å²) < 4.78 is 4.77. The fourth-order valence-electron chi connectivity index (χ4n) is 2.39. The van der Waals surface area contributed by atoms with Gasteiger partial charge in [0.2, 0.25) is 5.91 Å². The number of aromatic amines is 1. The van der Waals surface area contributed by atoms with Crippen LogP contribution in [0.3, 0.4) is 0 Å². The van der Waals surface area contributed by atoms with Gasteiger partial charge in [0, 0.05) is 36.6 Å². The number of alkyl carbamates (subject to hydrolysis) is 1. The summed E-state index contributed by atoms with van der Waals surface area (Å²) in [6.45, 7) is 4.64. The molecular formula is C18H23N3O3. The van der Waals surface area contributed by atoms with Crippen LogP contribution in [0.5, 0.6) is 0 Å². The van der Waals surface area contributed by atoms with Gasteiger partial charge >= 0.3 is 6.09 Å². The van der Waals surface area contributed by atoms with Crippen LogP contribution in [-0.4, -0.2) is 36.7 Å². The number of carbonyl (C=O) groups is 2. The second-order valence-electron chi connectivity index (χ2n) is 5.38. The van der Waals surface area contributed by atoms with Crippen LogP contribution in [0.25, 0.3) is 10.9 Å². The third-order valence-corrected chi connectivity index (χ3v) is 3.57. The van der Waals surface area contributed by atoms with Crippen LogP contribution in [0, 0.1) is 0 Å². The number of hydrogen-bond donors (Lipinski definition) is 3. The highest BCUT2D eigenvalue weighted by molar-refractivity contribution is 5.83. The van der Waals surface area contributed by atoms with Gasteiger partial charge in [-0.3, -0.25) is 4.79 Å². The molecule has 1 aromatic heterocycles. The van der Waals surface area contributed by atoms with Crippen molar-refractivity contribution in [3.8, 4) is 0 Å².